The van der Waals surface area contributed by atoms with Gasteiger partial charge in [0.1, 0.15) is 5.01 Å². The van der Waals surface area contributed by atoms with Gasteiger partial charge in [0.15, 0.2) is 0 Å². The van der Waals surface area contributed by atoms with E-state index in [1.54, 1.807) is 11.3 Å². The Balaban J connectivity index is 1.96. The highest BCUT2D eigenvalue weighted by Gasteiger charge is 2.09. The van der Waals surface area contributed by atoms with Gasteiger partial charge in [0.25, 0.3) is 0 Å². The number of benzene rings is 1. The summed E-state index contributed by atoms with van der Waals surface area (Å²) in [6.45, 7) is 2.81. The van der Waals surface area contributed by atoms with Crippen molar-refractivity contribution in [3.63, 3.8) is 0 Å². The van der Waals surface area contributed by atoms with Crippen LogP contribution in [0.4, 0.5) is 5.69 Å². The van der Waals surface area contributed by atoms with Crippen LogP contribution in [-0.4, -0.2) is 17.0 Å². The Morgan fingerprint density at radius 1 is 1.30 bits per heavy atom. The number of halogens is 1. The molecule has 0 fully saturated rings. The largest absolute Gasteiger partial charge is 0.367 e. The molecule has 0 spiro atoms. The van der Waals surface area contributed by atoms with Crippen LogP contribution in [0.3, 0.4) is 0 Å². The van der Waals surface area contributed by atoms with Crippen LogP contribution in [0.25, 0.3) is 10.9 Å². The molecular weight excluding hydrogens is 290 g/mol. The first-order chi connectivity index (χ1) is 9.63. The second kappa shape index (κ2) is 5.38. The first-order valence-electron chi connectivity index (χ1n) is 6.30. The van der Waals surface area contributed by atoms with Crippen molar-refractivity contribution in [3.8, 4) is 0 Å². The minimum absolute atomic E-state index is 0.709. The average Bonchev–Trinajstić information content (AvgIpc) is 2.83. The molecule has 0 atom stereocenters. The van der Waals surface area contributed by atoms with Gasteiger partial charge in [0, 0.05) is 40.4 Å². The van der Waals surface area contributed by atoms with E-state index in [9.17, 15) is 0 Å². The molecule has 3 nitrogen and oxygen atoms in total. The molecule has 0 N–H and O–H groups in total. The van der Waals surface area contributed by atoms with Gasteiger partial charge in [-0.25, -0.2) is 4.98 Å². The minimum atomic E-state index is 0.709. The van der Waals surface area contributed by atoms with E-state index >= 15 is 0 Å². The highest BCUT2D eigenvalue weighted by molar-refractivity contribution is 7.09. The van der Waals surface area contributed by atoms with Crippen molar-refractivity contribution in [2.45, 2.75) is 13.5 Å². The Morgan fingerprint density at radius 3 is 2.90 bits per heavy atom. The fourth-order valence-corrected chi connectivity index (χ4v) is 3.19. The van der Waals surface area contributed by atoms with Crippen molar-refractivity contribution in [2.75, 3.05) is 11.9 Å². The first-order valence-corrected chi connectivity index (χ1v) is 7.55. The molecule has 0 aliphatic carbocycles. The van der Waals surface area contributed by atoms with Crippen LogP contribution in [0.2, 0.25) is 5.02 Å². The number of thiazole rings is 1. The SMILES string of the molecule is Cc1csc(CN(C)c2ccnc3cc(Cl)ccc23)n1. The molecule has 0 saturated carbocycles. The molecule has 0 amide bonds. The van der Waals surface area contributed by atoms with Gasteiger partial charge in [0.05, 0.1) is 12.1 Å². The molecule has 3 rings (SSSR count). The second-order valence-electron chi connectivity index (χ2n) is 4.73. The lowest BCUT2D eigenvalue weighted by Crippen LogP contribution is -2.16. The topological polar surface area (TPSA) is 29.0 Å². The standard InChI is InChI=1S/C15H14ClN3S/c1-10-9-20-15(18-10)8-19(2)14-5-6-17-13-7-11(16)3-4-12(13)14/h3-7,9H,8H2,1-2H3. The number of aryl methyl sites for hydroxylation is 1. The minimum Gasteiger partial charge on any atom is -0.367 e. The highest BCUT2D eigenvalue weighted by Crippen LogP contribution is 2.27. The zero-order chi connectivity index (χ0) is 14.1. The van der Waals surface area contributed by atoms with Crippen molar-refractivity contribution in [1.29, 1.82) is 0 Å². The summed E-state index contributed by atoms with van der Waals surface area (Å²) in [5, 5.41) is 5.00. The molecule has 0 aliphatic heterocycles. The molecule has 2 aromatic heterocycles. The molecule has 20 heavy (non-hydrogen) atoms. The van der Waals surface area contributed by atoms with Crippen LogP contribution >= 0.6 is 22.9 Å². The van der Waals surface area contributed by atoms with E-state index in [1.807, 2.05) is 37.4 Å². The lowest BCUT2D eigenvalue weighted by Gasteiger charge is -2.19. The fraction of sp³-hybridized carbons (Fsp3) is 0.200. The van der Waals surface area contributed by atoms with Gasteiger partial charge in [-0.15, -0.1) is 11.3 Å². The molecule has 3 aromatic rings. The maximum Gasteiger partial charge on any atom is 0.112 e. The quantitative estimate of drug-likeness (QED) is 0.723. The molecule has 102 valence electrons. The third kappa shape index (κ3) is 2.62. The van der Waals surface area contributed by atoms with E-state index < -0.39 is 0 Å². The third-order valence-corrected chi connectivity index (χ3v) is 4.32. The predicted molar refractivity (Wildman–Crippen MR) is 85.7 cm³/mol. The van der Waals surface area contributed by atoms with E-state index in [0.717, 1.165) is 33.8 Å². The van der Waals surface area contributed by atoms with Crippen molar-refractivity contribution in [1.82, 2.24) is 9.97 Å². The number of anilines is 1. The lowest BCUT2D eigenvalue weighted by molar-refractivity contribution is 0.908. The van der Waals surface area contributed by atoms with Gasteiger partial charge in [0.2, 0.25) is 0 Å². The fourth-order valence-electron chi connectivity index (χ4n) is 2.20. The molecular formula is C15H14ClN3S. The summed E-state index contributed by atoms with van der Waals surface area (Å²) in [6, 6.07) is 7.83. The van der Waals surface area contributed by atoms with Crippen molar-refractivity contribution < 1.29 is 0 Å². The van der Waals surface area contributed by atoms with E-state index in [-0.39, 0.29) is 0 Å². The van der Waals surface area contributed by atoms with Crippen LogP contribution in [-0.2, 0) is 6.54 Å². The summed E-state index contributed by atoms with van der Waals surface area (Å²) in [4.78, 5) is 11.1. The highest BCUT2D eigenvalue weighted by atomic mass is 35.5. The van der Waals surface area contributed by atoms with Gasteiger partial charge in [-0.05, 0) is 31.2 Å². The Labute approximate surface area is 126 Å². The van der Waals surface area contributed by atoms with E-state index in [0.29, 0.717) is 5.02 Å². The molecule has 2 heterocycles. The number of hydrogen-bond acceptors (Lipinski definition) is 4. The molecule has 5 heteroatoms. The van der Waals surface area contributed by atoms with Gasteiger partial charge in [-0.3, -0.25) is 4.98 Å². The number of fused-ring (bicyclic) bond motifs is 1. The smallest absolute Gasteiger partial charge is 0.112 e. The Morgan fingerprint density at radius 2 is 2.15 bits per heavy atom. The summed E-state index contributed by atoms with van der Waals surface area (Å²) in [6.07, 6.45) is 1.82. The molecule has 1 aromatic carbocycles. The van der Waals surface area contributed by atoms with Crippen molar-refractivity contribution >= 4 is 39.5 Å². The average molecular weight is 304 g/mol. The Hall–Kier alpha value is -1.65. The number of nitrogens with zero attached hydrogens (tertiary/aromatic N) is 3. The number of pyridine rings is 1. The molecule has 0 unspecified atom stereocenters. The van der Waals surface area contributed by atoms with Gasteiger partial charge >= 0.3 is 0 Å². The van der Waals surface area contributed by atoms with Crippen LogP contribution in [0.15, 0.2) is 35.8 Å². The first kappa shape index (κ1) is 13.3. The lowest BCUT2D eigenvalue weighted by atomic mass is 10.2. The van der Waals surface area contributed by atoms with Crippen LogP contribution < -0.4 is 4.90 Å². The van der Waals surface area contributed by atoms with Crippen molar-refractivity contribution in [3.05, 3.63) is 51.6 Å². The van der Waals surface area contributed by atoms with Gasteiger partial charge in [-0.2, -0.15) is 0 Å². The van der Waals surface area contributed by atoms with E-state index in [1.165, 1.54) is 0 Å². The van der Waals surface area contributed by atoms with E-state index in [4.69, 9.17) is 11.6 Å². The van der Waals surface area contributed by atoms with Crippen LogP contribution in [0.5, 0.6) is 0 Å². The molecule has 0 saturated heterocycles. The maximum absolute atomic E-state index is 6.02. The molecule has 0 bridgehead atoms. The van der Waals surface area contributed by atoms with Gasteiger partial charge in [-0.1, -0.05) is 11.6 Å². The Bertz CT molecular complexity index is 754. The maximum atomic E-state index is 6.02. The number of rotatable bonds is 3. The van der Waals surface area contributed by atoms with E-state index in [2.05, 4.69) is 27.3 Å². The summed E-state index contributed by atoms with van der Waals surface area (Å²) < 4.78 is 0. The third-order valence-electron chi connectivity index (χ3n) is 3.13. The predicted octanol–water partition coefficient (Wildman–Crippen LogP) is 4.29. The zero-order valence-corrected chi connectivity index (χ0v) is 12.9. The normalized spacial score (nSPS) is 10.9. The summed E-state index contributed by atoms with van der Waals surface area (Å²) in [5.74, 6) is 0. The van der Waals surface area contributed by atoms with Gasteiger partial charge < -0.3 is 4.90 Å². The second-order valence-corrected chi connectivity index (χ2v) is 6.11. The zero-order valence-electron chi connectivity index (χ0n) is 11.3. The number of aromatic nitrogens is 2. The molecule has 0 radical (unpaired) electrons. The van der Waals surface area contributed by atoms with Crippen molar-refractivity contribution in [2.24, 2.45) is 0 Å². The monoisotopic (exact) mass is 303 g/mol. The Kier molecular flexibility index (Phi) is 3.59. The van der Waals surface area contributed by atoms with Crippen LogP contribution in [0.1, 0.15) is 10.7 Å². The van der Waals surface area contributed by atoms with Crippen LogP contribution in [0, 0.1) is 6.92 Å². The molecule has 0 aliphatic rings. The summed E-state index contributed by atoms with van der Waals surface area (Å²) in [5.41, 5.74) is 3.13. The number of hydrogen-bond donors (Lipinski definition) is 0. The summed E-state index contributed by atoms with van der Waals surface area (Å²) in [7, 11) is 2.07. The summed E-state index contributed by atoms with van der Waals surface area (Å²) >= 11 is 7.71.